The number of rotatable bonds is 1. The molecule has 0 unspecified atom stereocenters. The van der Waals surface area contributed by atoms with Crippen LogP contribution in [0, 0.1) is 6.92 Å². The summed E-state index contributed by atoms with van der Waals surface area (Å²) >= 11 is 0. The number of hydrogen-bond donors (Lipinski definition) is 2. The van der Waals surface area contributed by atoms with Crippen molar-refractivity contribution in [1.29, 1.82) is 0 Å². The Kier molecular flexibility index (Phi) is 2.25. The van der Waals surface area contributed by atoms with Crippen LogP contribution < -0.4 is 11.1 Å². The first-order valence-electron chi connectivity index (χ1n) is 4.78. The van der Waals surface area contributed by atoms with Crippen LogP contribution in [0.2, 0.25) is 0 Å². The van der Waals surface area contributed by atoms with Gasteiger partial charge in [0.25, 0.3) is 0 Å². The lowest BCUT2D eigenvalue weighted by Crippen LogP contribution is -2.45. The zero-order chi connectivity index (χ0) is 10.1. The van der Waals surface area contributed by atoms with Gasteiger partial charge >= 0.3 is 0 Å². The second kappa shape index (κ2) is 3.42. The van der Waals surface area contributed by atoms with Crippen LogP contribution in [0.25, 0.3) is 0 Å². The largest absolute Gasteiger partial charge is 0.368 e. The van der Waals surface area contributed by atoms with Crippen molar-refractivity contribution in [3.8, 4) is 0 Å². The number of nitrogens with one attached hydrogen (secondary N) is 1. The third-order valence-corrected chi connectivity index (χ3v) is 2.80. The van der Waals surface area contributed by atoms with Gasteiger partial charge in [-0.15, -0.1) is 0 Å². The van der Waals surface area contributed by atoms with Crippen LogP contribution in [0.15, 0.2) is 18.2 Å². The van der Waals surface area contributed by atoms with Crippen molar-refractivity contribution in [2.24, 2.45) is 5.73 Å². The first-order chi connectivity index (χ1) is 6.68. The second-order valence-electron chi connectivity index (χ2n) is 3.75. The monoisotopic (exact) mass is 190 g/mol. The Hall–Kier alpha value is -1.35. The molecular weight excluding hydrogens is 176 g/mol. The average molecular weight is 190 g/mol. The third-order valence-electron chi connectivity index (χ3n) is 2.80. The van der Waals surface area contributed by atoms with Crippen molar-refractivity contribution >= 4 is 5.91 Å². The highest BCUT2D eigenvalue weighted by molar-refractivity contribution is 5.80. The fraction of sp³-hybridized carbons (Fsp3) is 0.364. The highest BCUT2D eigenvalue weighted by atomic mass is 16.1. The number of benzene rings is 1. The van der Waals surface area contributed by atoms with Crippen molar-refractivity contribution in [3.05, 3.63) is 34.9 Å². The van der Waals surface area contributed by atoms with E-state index in [9.17, 15) is 4.79 Å². The highest BCUT2D eigenvalue weighted by Gasteiger charge is 2.22. The fourth-order valence-corrected chi connectivity index (χ4v) is 1.93. The van der Waals surface area contributed by atoms with E-state index in [0.29, 0.717) is 0 Å². The Morgan fingerprint density at radius 2 is 2.36 bits per heavy atom. The smallest absolute Gasteiger partial charge is 0.234 e. The molecule has 1 aliphatic rings. The van der Waals surface area contributed by atoms with Crippen LogP contribution in [0.1, 0.15) is 16.7 Å². The van der Waals surface area contributed by atoms with E-state index < -0.39 is 0 Å². The summed E-state index contributed by atoms with van der Waals surface area (Å²) in [7, 11) is 0. The van der Waals surface area contributed by atoms with E-state index in [4.69, 9.17) is 5.73 Å². The van der Waals surface area contributed by atoms with Gasteiger partial charge < -0.3 is 11.1 Å². The average Bonchev–Trinajstić information content (AvgIpc) is 2.18. The maximum atomic E-state index is 11.0. The van der Waals surface area contributed by atoms with Gasteiger partial charge in [-0.25, -0.2) is 0 Å². The third kappa shape index (κ3) is 1.51. The van der Waals surface area contributed by atoms with Crippen LogP contribution in [0.4, 0.5) is 0 Å². The maximum absolute atomic E-state index is 11.0. The van der Waals surface area contributed by atoms with Gasteiger partial charge in [-0.05, 0) is 30.0 Å². The molecule has 0 saturated carbocycles. The molecule has 0 spiro atoms. The molecule has 14 heavy (non-hydrogen) atoms. The Balaban J connectivity index is 2.33. The number of hydrogen-bond acceptors (Lipinski definition) is 2. The summed E-state index contributed by atoms with van der Waals surface area (Å²) in [5.74, 6) is -0.265. The molecule has 0 bridgehead atoms. The van der Waals surface area contributed by atoms with Gasteiger partial charge in [0, 0.05) is 6.54 Å². The minimum atomic E-state index is -0.265. The lowest BCUT2D eigenvalue weighted by molar-refractivity contribution is -0.120. The number of carbonyl (C=O) groups excluding carboxylic acids is 1. The standard InChI is InChI=1S/C11H14N2O/c1-7-3-2-4-8-6-13-10(11(12)14)5-9(7)8/h2-4,10,13H,5-6H2,1H3,(H2,12,14)/t10-/m1/s1. The first kappa shape index (κ1) is 9.21. The van der Waals surface area contributed by atoms with Crippen molar-refractivity contribution in [1.82, 2.24) is 5.32 Å². The molecule has 1 aliphatic heterocycles. The van der Waals surface area contributed by atoms with Gasteiger partial charge in [0.2, 0.25) is 5.91 Å². The molecule has 0 aliphatic carbocycles. The number of fused-ring (bicyclic) bond motifs is 1. The topological polar surface area (TPSA) is 55.1 Å². The van der Waals surface area contributed by atoms with E-state index in [1.54, 1.807) is 0 Å². The van der Waals surface area contributed by atoms with Crippen LogP contribution in [-0.4, -0.2) is 11.9 Å². The molecule has 74 valence electrons. The zero-order valence-corrected chi connectivity index (χ0v) is 8.21. The van der Waals surface area contributed by atoms with Gasteiger partial charge in [-0.1, -0.05) is 18.2 Å². The summed E-state index contributed by atoms with van der Waals surface area (Å²) in [5.41, 5.74) is 9.07. The lowest BCUT2D eigenvalue weighted by atomic mass is 9.92. The molecule has 0 aromatic heterocycles. The predicted molar refractivity (Wildman–Crippen MR) is 54.7 cm³/mol. The predicted octanol–water partition coefficient (Wildman–Crippen LogP) is 0.495. The van der Waals surface area contributed by atoms with Crippen molar-refractivity contribution in [2.75, 3.05) is 0 Å². The molecule has 2 rings (SSSR count). The van der Waals surface area contributed by atoms with Crippen molar-refractivity contribution < 1.29 is 4.79 Å². The summed E-state index contributed by atoms with van der Waals surface area (Å²) in [6, 6.07) is 6.00. The summed E-state index contributed by atoms with van der Waals surface area (Å²) in [4.78, 5) is 11.0. The minimum Gasteiger partial charge on any atom is -0.368 e. The summed E-state index contributed by atoms with van der Waals surface area (Å²) in [6.07, 6.45) is 0.720. The Morgan fingerprint density at radius 1 is 1.57 bits per heavy atom. The van der Waals surface area contributed by atoms with E-state index in [1.165, 1.54) is 16.7 Å². The normalized spacial score (nSPS) is 20.2. The minimum absolute atomic E-state index is 0.205. The molecule has 1 heterocycles. The number of aryl methyl sites for hydroxylation is 1. The van der Waals surface area contributed by atoms with Crippen LogP contribution >= 0.6 is 0 Å². The molecule has 0 radical (unpaired) electrons. The number of primary amides is 1. The number of carbonyl (C=O) groups is 1. The van der Waals surface area contributed by atoms with Crippen LogP contribution in [0.5, 0.6) is 0 Å². The first-order valence-corrected chi connectivity index (χ1v) is 4.78. The molecule has 1 aromatic rings. The van der Waals surface area contributed by atoms with Gasteiger partial charge in [-0.3, -0.25) is 4.79 Å². The second-order valence-corrected chi connectivity index (χ2v) is 3.75. The van der Waals surface area contributed by atoms with E-state index in [-0.39, 0.29) is 11.9 Å². The Labute approximate surface area is 83.3 Å². The van der Waals surface area contributed by atoms with E-state index >= 15 is 0 Å². The highest BCUT2D eigenvalue weighted by Crippen LogP contribution is 2.20. The lowest BCUT2D eigenvalue weighted by Gasteiger charge is -2.25. The number of nitrogens with two attached hydrogens (primary N) is 1. The number of amides is 1. The molecule has 3 N–H and O–H groups in total. The Bertz CT molecular complexity index is 374. The van der Waals surface area contributed by atoms with Crippen molar-refractivity contribution in [3.63, 3.8) is 0 Å². The summed E-state index contributed by atoms with van der Waals surface area (Å²) < 4.78 is 0. The van der Waals surface area contributed by atoms with Gasteiger partial charge in [0.15, 0.2) is 0 Å². The molecule has 1 atom stereocenters. The SMILES string of the molecule is Cc1cccc2c1C[C@H](C(N)=O)NC2. The summed E-state index contributed by atoms with van der Waals surface area (Å²) in [6.45, 7) is 2.81. The molecule has 3 nitrogen and oxygen atoms in total. The Morgan fingerprint density at radius 3 is 3.07 bits per heavy atom. The molecule has 0 saturated heterocycles. The maximum Gasteiger partial charge on any atom is 0.234 e. The molecule has 1 amide bonds. The van der Waals surface area contributed by atoms with E-state index in [1.807, 2.05) is 6.07 Å². The van der Waals surface area contributed by atoms with Crippen molar-refractivity contribution in [2.45, 2.75) is 25.9 Å². The van der Waals surface area contributed by atoms with Gasteiger partial charge in [0.05, 0.1) is 6.04 Å². The quantitative estimate of drug-likeness (QED) is 0.677. The molecule has 1 aromatic carbocycles. The van der Waals surface area contributed by atoms with E-state index in [2.05, 4.69) is 24.4 Å². The summed E-state index contributed by atoms with van der Waals surface area (Å²) in [5, 5.41) is 3.13. The van der Waals surface area contributed by atoms with Crippen LogP contribution in [-0.2, 0) is 17.8 Å². The van der Waals surface area contributed by atoms with E-state index in [0.717, 1.165) is 13.0 Å². The molecular formula is C11H14N2O. The fourth-order valence-electron chi connectivity index (χ4n) is 1.93. The molecule has 3 heteroatoms. The molecule has 0 fully saturated rings. The van der Waals surface area contributed by atoms with Crippen LogP contribution in [0.3, 0.4) is 0 Å². The zero-order valence-electron chi connectivity index (χ0n) is 8.21. The van der Waals surface area contributed by atoms with Gasteiger partial charge in [0.1, 0.15) is 0 Å². The van der Waals surface area contributed by atoms with Gasteiger partial charge in [-0.2, -0.15) is 0 Å².